The molecule has 1 saturated heterocycles. The molecule has 0 bridgehead atoms. The van der Waals surface area contributed by atoms with E-state index in [4.69, 9.17) is 0 Å². The molecule has 6 heteroatoms. The van der Waals surface area contributed by atoms with Crippen molar-refractivity contribution in [2.45, 2.75) is 25.8 Å². The molecule has 1 aliphatic heterocycles. The first-order valence-electron chi connectivity index (χ1n) is 8.38. The summed E-state index contributed by atoms with van der Waals surface area (Å²) in [5, 5.41) is 0.564. The summed E-state index contributed by atoms with van der Waals surface area (Å²) in [6.45, 7) is 2.60. The molecule has 1 unspecified atom stereocenters. The predicted octanol–water partition coefficient (Wildman–Crippen LogP) is 3.28. The molecule has 4 rings (SSSR count). The highest BCUT2D eigenvalue weighted by Crippen LogP contribution is 2.36. The summed E-state index contributed by atoms with van der Waals surface area (Å²) in [6, 6.07) is 10.3. The zero-order chi connectivity index (χ0) is 17.6. The normalized spacial score (nSPS) is 17.4. The number of hydrogen-bond acceptors (Lipinski definition) is 4. The molecule has 1 amide bonds. The molecule has 0 N–H and O–H groups in total. The van der Waals surface area contributed by atoms with Gasteiger partial charge in [-0.15, -0.1) is 11.3 Å². The van der Waals surface area contributed by atoms with Gasteiger partial charge in [0.1, 0.15) is 4.83 Å². The zero-order valence-electron chi connectivity index (χ0n) is 14.2. The third-order valence-corrected chi connectivity index (χ3v) is 6.09. The fourth-order valence-electron chi connectivity index (χ4n) is 3.57. The maximum Gasteiger partial charge on any atom is 0.264 e. The molecular weight excluding hydrogens is 334 g/mol. The van der Waals surface area contributed by atoms with Crippen LogP contribution in [0.25, 0.3) is 10.2 Å². The number of aryl methyl sites for hydroxylation is 2. The molecular formula is C19H19N3O2S. The van der Waals surface area contributed by atoms with Crippen LogP contribution in [0.4, 0.5) is 0 Å². The predicted molar refractivity (Wildman–Crippen MR) is 99.1 cm³/mol. The van der Waals surface area contributed by atoms with Crippen molar-refractivity contribution in [3.8, 4) is 0 Å². The second-order valence-electron chi connectivity index (χ2n) is 6.46. The van der Waals surface area contributed by atoms with Crippen molar-refractivity contribution in [1.29, 1.82) is 0 Å². The number of hydrogen-bond donors (Lipinski definition) is 0. The molecule has 1 atom stereocenters. The lowest BCUT2D eigenvalue weighted by atomic mass is 10.0. The van der Waals surface area contributed by atoms with Crippen LogP contribution in [0.5, 0.6) is 0 Å². The van der Waals surface area contributed by atoms with Gasteiger partial charge in [0.25, 0.3) is 11.5 Å². The Kier molecular flexibility index (Phi) is 3.92. The quantitative estimate of drug-likeness (QED) is 0.710. The molecule has 3 aromatic rings. The molecule has 0 aliphatic carbocycles. The lowest BCUT2D eigenvalue weighted by Crippen LogP contribution is -2.30. The molecule has 2 aromatic heterocycles. The van der Waals surface area contributed by atoms with Gasteiger partial charge in [0.05, 0.1) is 22.6 Å². The summed E-state index contributed by atoms with van der Waals surface area (Å²) in [7, 11) is 1.68. The molecule has 128 valence electrons. The van der Waals surface area contributed by atoms with Gasteiger partial charge < -0.3 is 9.47 Å². The average Bonchev–Trinajstić information content (AvgIpc) is 3.24. The van der Waals surface area contributed by atoms with Crippen molar-refractivity contribution >= 4 is 27.5 Å². The van der Waals surface area contributed by atoms with Crippen molar-refractivity contribution in [2.24, 2.45) is 7.05 Å². The lowest BCUT2D eigenvalue weighted by Gasteiger charge is -2.25. The van der Waals surface area contributed by atoms with E-state index in [2.05, 4.69) is 17.1 Å². The van der Waals surface area contributed by atoms with E-state index in [1.807, 2.05) is 30.0 Å². The minimum absolute atomic E-state index is 0.00825. The van der Waals surface area contributed by atoms with E-state index in [9.17, 15) is 9.59 Å². The summed E-state index contributed by atoms with van der Waals surface area (Å²) in [4.78, 5) is 33.1. The third kappa shape index (κ3) is 2.57. The molecule has 1 aliphatic rings. The highest BCUT2D eigenvalue weighted by Gasteiger charge is 2.32. The zero-order valence-corrected chi connectivity index (χ0v) is 15.0. The largest absolute Gasteiger partial charge is 0.331 e. The highest BCUT2D eigenvalue weighted by atomic mass is 32.1. The summed E-state index contributed by atoms with van der Waals surface area (Å²) in [6.07, 6.45) is 3.48. The summed E-state index contributed by atoms with van der Waals surface area (Å²) in [5.74, 6) is 0.00825. The van der Waals surface area contributed by atoms with Gasteiger partial charge in [0, 0.05) is 13.6 Å². The third-order valence-electron chi connectivity index (χ3n) is 4.90. The van der Waals surface area contributed by atoms with Gasteiger partial charge in [-0.25, -0.2) is 4.98 Å². The maximum absolute atomic E-state index is 13.2. The van der Waals surface area contributed by atoms with Gasteiger partial charge in [-0.1, -0.05) is 30.3 Å². The highest BCUT2D eigenvalue weighted by molar-refractivity contribution is 7.20. The van der Waals surface area contributed by atoms with Gasteiger partial charge in [-0.05, 0) is 30.9 Å². The Hall–Kier alpha value is -2.47. The van der Waals surface area contributed by atoms with Crippen LogP contribution in [0.3, 0.4) is 0 Å². The van der Waals surface area contributed by atoms with Gasteiger partial charge in [0.2, 0.25) is 0 Å². The fraction of sp³-hybridized carbons (Fsp3) is 0.316. The minimum Gasteiger partial charge on any atom is -0.331 e. The molecule has 1 fully saturated rings. The molecule has 3 heterocycles. The average molecular weight is 353 g/mol. The summed E-state index contributed by atoms with van der Waals surface area (Å²) >= 11 is 1.32. The van der Waals surface area contributed by atoms with Crippen molar-refractivity contribution in [3.63, 3.8) is 0 Å². The number of benzene rings is 1. The topological polar surface area (TPSA) is 55.2 Å². The maximum atomic E-state index is 13.2. The van der Waals surface area contributed by atoms with Crippen LogP contribution in [0.1, 0.15) is 39.7 Å². The second kappa shape index (κ2) is 6.11. The van der Waals surface area contributed by atoms with Crippen LogP contribution in [0.15, 0.2) is 41.5 Å². The smallest absolute Gasteiger partial charge is 0.264 e. The SMILES string of the molecule is Cc1c(C(=O)N2CCCC2c2ccccc2)sc2ncn(C)c(=O)c12. The van der Waals surface area contributed by atoms with E-state index < -0.39 is 0 Å². The summed E-state index contributed by atoms with van der Waals surface area (Å²) < 4.78 is 1.46. The molecule has 0 radical (unpaired) electrons. The second-order valence-corrected chi connectivity index (χ2v) is 7.46. The van der Waals surface area contributed by atoms with E-state index in [0.717, 1.165) is 24.9 Å². The number of fused-ring (bicyclic) bond motifs is 1. The Morgan fingerprint density at radius 1 is 1.28 bits per heavy atom. The molecule has 5 nitrogen and oxygen atoms in total. The number of likely N-dealkylation sites (tertiary alicyclic amines) is 1. The van der Waals surface area contributed by atoms with Crippen molar-refractivity contribution in [2.75, 3.05) is 6.54 Å². The molecule has 1 aromatic carbocycles. The molecule has 0 spiro atoms. The fourth-order valence-corrected chi connectivity index (χ4v) is 4.67. The van der Waals surface area contributed by atoms with Gasteiger partial charge in [-0.3, -0.25) is 9.59 Å². The lowest BCUT2D eigenvalue weighted by molar-refractivity contribution is 0.0740. The van der Waals surface area contributed by atoms with Crippen LogP contribution in [-0.4, -0.2) is 26.9 Å². The number of nitrogens with zero attached hydrogens (tertiary/aromatic N) is 3. The van der Waals surface area contributed by atoms with Gasteiger partial charge in [0.15, 0.2) is 0 Å². The number of aromatic nitrogens is 2. The van der Waals surface area contributed by atoms with Crippen LogP contribution in [-0.2, 0) is 7.05 Å². The van der Waals surface area contributed by atoms with E-state index in [0.29, 0.717) is 15.1 Å². The molecule has 0 saturated carbocycles. The standard InChI is InChI=1S/C19H19N3O2S/c1-12-15-17(20-11-21(2)18(15)23)25-16(12)19(24)22-10-6-9-14(22)13-7-4-3-5-8-13/h3-5,7-8,11,14H,6,9-10H2,1-2H3. The Bertz CT molecular complexity index is 1010. The Morgan fingerprint density at radius 3 is 2.80 bits per heavy atom. The van der Waals surface area contributed by atoms with Gasteiger partial charge in [-0.2, -0.15) is 0 Å². The number of thiophene rings is 1. The van der Waals surface area contributed by atoms with Gasteiger partial charge >= 0.3 is 0 Å². The minimum atomic E-state index is -0.0983. The first kappa shape index (κ1) is 16.0. The first-order valence-corrected chi connectivity index (χ1v) is 9.20. The Morgan fingerprint density at radius 2 is 2.04 bits per heavy atom. The van der Waals surface area contributed by atoms with Crippen LogP contribution >= 0.6 is 11.3 Å². The van der Waals surface area contributed by atoms with Crippen LogP contribution in [0.2, 0.25) is 0 Å². The number of carbonyl (C=O) groups excluding carboxylic acids is 1. The Balaban J connectivity index is 1.76. The monoisotopic (exact) mass is 353 g/mol. The first-order chi connectivity index (χ1) is 12.1. The van der Waals surface area contributed by atoms with Crippen molar-refractivity contribution in [1.82, 2.24) is 14.5 Å². The number of carbonyl (C=O) groups is 1. The summed E-state index contributed by atoms with van der Waals surface area (Å²) in [5.41, 5.74) is 1.82. The van der Waals surface area contributed by atoms with E-state index in [-0.39, 0.29) is 17.5 Å². The van der Waals surface area contributed by atoms with Crippen molar-refractivity contribution in [3.05, 3.63) is 63.0 Å². The van der Waals surface area contributed by atoms with E-state index >= 15 is 0 Å². The Labute approximate surface area is 149 Å². The van der Waals surface area contributed by atoms with Crippen LogP contribution < -0.4 is 5.56 Å². The molecule has 25 heavy (non-hydrogen) atoms. The van der Waals surface area contributed by atoms with Crippen LogP contribution in [0, 0.1) is 6.92 Å². The van der Waals surface area contributed by atoms with E-state index in [1.54, 1.807) is 7.05 Å². The number of rotatable bonds is 2. The number of amides is 1. The van der Waals surface area contributed by atoms with E-state index in [1.165, 1.54) is 27.8 Å². The van der Waals surface area contributed by atoms with Crippen molar-refractivity contribution < 1.29 is 4.79 Å².